The van der Waals surface area contributed by atoms with E-state index in [1.54, 1.807) is 0 Å². The number of hydrogen-bond acceptors (Lipinski definition) is 3. The fraction of sp³-hybridized carbons (Fsp3) is 0.458. The van der Waals surface area contributed by atoms with Gasteiger partial charge < -0.3 is 5.32 Å². The molecule has 0 spiro atoms. The number of rotatable bonds is 9. The van der Waals surface area contributed by atoms with E-state index in [0.29, 0.717) is 19.0 Å². The Balaban J connectivity index is 1.41. The molecule has 4 nitrogen and oxygen atoms in total. The average molecular weight is 380 g/mol. The molecule has 2 aromatic rings. The van der Waals surface area contributed by atoms with Crippen LogP contribution in [0.5, 0.6) is 0 Å². The molecule has 28 heavy (non-hydrogen) atoms. The van der Waals surface area contributed by atoms with E-state index in [-0.39, 0.29) is 5.91 Å². The van der Waals surface area contributed by atoms with Crippen molar-refractivity contribution in [1.82, 2.24) is 15.1 Å². The van der Waals surface area contributed by atoms with Crippen LogP contribution < -0.4 is 5.32 Å². The summed E-state index contributed by atoms with van der Waals surface area (Å²) in [5.74, 6) is 0.761. The van der Waals surface area contributed by atoms with Gasteiger partial charge >= 0.3 is 0 Å². The van der Waals surface area contributed by atoms with Crippen LogP contribution in [-0.4, -0.2) is 48.4 Å². The number of carbonyl (C=O) groups is 1. The first-order valence-electron chi connectivity index (χ1n) is 10.4. The lowest BCUT2D eigenvalue weighted by molar-refractivity contribution is -0.122. The topological polar surface area (TPSA) is 35.6 Å². The van der Waals surface area contributed by atoms with Crippen LogP contribution in [-0.2, 0) is 17.9 Å². The third kappa shape index (κ3) is 6.18. The van der Waals surface area contributed by atoms with Gasteiger partial charge in [0.25, 0.3) is 0 Å². The Labute approximate surface area is 169 Å². The number of aryl methyl sites for hydroxylation is 1. The van der Waals surface area contributed by atoms with Crippen LogP contribution in [0.25, 0.3) is 0 Å². The summed E-state index contributed by atoms with van der Waals surface area (Å²) in [6, 6.07) is 18.9. The minimum atomic E-state index is 0.115. The number of hydrogen-bond donors (Lipinski definition) is 1. The maximum atomic E-state index is 12.4. The summed E-state index contributed by atoms with van der Waals surface area (Å²) in [5.41, 5.74) is 3.79. The lowest BCUT2D eigenvalue weighted by Gasteiger charge is -2.24. The van der Waals surface area contributed by atoms with Crippen molar-refractivity contribution in [2.24, 2.45) is 5.92 Å². The molecular weight excluding hydrogens is 346 g/mol. The fourth-order valence-electron chi connectivity index (χ4n) is 3.98. The van der Waals surface area contributed by atoms with Crippen molar-refractivity contribution < 1.29 is 4.79 Å². The Morgan fingerprint density at radius 2 is 1.89 bits per heavy atom. The van der Waals surface area contributed by atoms with Gasteiger partial charge in [0.15, 0.2) is 0 Å². The van der Waals surface area contributed by atoms with Crippen molar-refractivity contribution in [2.45, 2.75) is 33.4 Å². The van der Waals surface area contributed by atoms with Crippen LogP contribution in [0.4, 0.5) is 0 Å². The molecular formula is C24H33N3O. The van der Waals surface area contributed by atoms with Crippen molar-refractivity contribution >= 4 is 5.91 Å². The number of nitrogens with zero attached hydrogens (tertiary/aromatic N) is 2. The van der Waals surface area contributed by atoms with E-state index in [1.807, 2.05) is 12.1 Å². The number of nitrogens with one attached hydrogen (secondary N) is 1. The highest BCUT2D eigenvalue weighted by atomic mass is 16.2. The maximum absolute atomic E-state index is 12.4. The molecule has 0 radical (unpaired) electrons. The largest absolute Gasteiger partial charge is 0.351 e. The Kier molecular flexibility index (Phi) is 7.63. The molecule has 1 heterocycles. The first-order valence-corrected chi connectivity index (χ1v) is 10.4. The summed E-state index contributed by atoms with van der Waals surface area (Å²) < 4.78 is 0. The van der Waals surface area contributed by atoms with Crippen molar-refractivity contribution in [3.05, 3.63) is 71.3 Å². The number of amides is 1. The second-order valence-corrected chi connectivity index (χ2v) is 7.91. The predicted octanol–water partition coefficient (Wildman–Crippen LogP) is 3.46. The predicted molar refractivity (Wildman–Crippen MR) is 115 cm³/mol. The number of carbonyl (C=O) groups excluding carboxylic acids is 1. The highest BCUT2D eigenvalue weighted by Crippen LogP contribution is 2.19. The SMILES string of the molecule is CCN(CC(=O)NCc1ccccc1C)C[C@H]1CCN(Cc2ccccc2)C1. The fourth-order valence-corrected chi connectivity index (χ4v) is 3.98. The van der Waals surface area contributed by atoms with E-state index in [9.17, 15) is 4.79 Å². The molecule has 1 aliphatic rings. The Hall–Kier alpha value is -2.17. The summed E-state index contributed by atoms with van der Waals surface area (Å²) in [7, 11) is 0. The van der Waals surface area contributed by atoms with Gasteiger partial charge in [0.2, 0.25) is 5.91 Å². The Bertz CT molecular complexity index is 747. The van der Waals surface area contributed by atoms with E-state index >= 15 is 0 Å². The van der Waals surface area contributed by atoms with E-state index < -0.39 is 0 Å². The molecule has 150 valence electrons. The van der Waals surface area contributed by atoms with Gasteiger partial charge in [-0.3, -0.25) is 14.6 Å². The normalized spacial score (nSPS) is 17.2. The molecule has 1 amide bonds. The zero-order valence-electron chi connectivity index (χ0n) is 17.2. The van der Waals surface area contributed by atoms with Crippen LogP contribution in [0.2, 0.25) is 0 Å². The molecule has 1 aliphatic heterocycles. The van der Waals surface area contributed by atoms with Crippen LogP contribution in [0.1, 0.15) is 30.0 Å². The molecule has 1 atom stereocenters. The molecule has 2 aromatic carbocycles. The van der Waals surface area contributed by atoms with Gasteiger partial charge in [0.1, 0.15) is 0 Å². The molecule has 3 rings (SSSR count). The molecule has 0 aromatic heterocycles. The first kappa shape index (κ1) is 20.6. The minimum Gasteiger partial charge on any atom is -0.351 e. The zero-order valence-corrected chi connectivity index (χ0v) is 17.2. The highest BCUT2D eigenvalue weighted by molar-refractivity contribution is 5.78. The Morgan fingerprint density at radius 1 is 1.14 bits per heavy atom. The van der Waals surface area contributed by atoms with E-state index in [4.69, 9.17) is 0 Å². The van der Waals surface area contributed by atoms with Gasteiger partial charge in [-0.15, -0.1) is 0 Å². The summed E-state index contributed by atoms with van der Waals surface area (Å²) in [6.07, 6.45) is 1.22. The van der Waals surface area contributed by atoms with Crippen LogP contribution in [0.3, 0.4) is 0 Å². The molecule has 1 N–H and O–H groups in total. The minimum absolute atomic E-state index is 0.115. The average Bonchev–Trinajstić information content (AvgIpc) is 3.14. The third-order valence-corrected chi connectivity index (χ3v) is 5.69. The van der Waals surface area contributed by atoms with Gasteiger partial charge in [-0.2, -0.15) is 0 Å². The van der Waals surface area contributed by atoms with E-state index in [0.717, 1.165) is 32.7 Å². The quantitative estimate of drug-likeness (QED) is 0.725. The summed E-state index contributed by atoms with van der Waals surface area (Å²) >= 11 is 0. The summed E-state index contributed by atoms with van der Waals surface area (Å²) in [5, 5.41) is 3.08. The molecule has 1 saturated heterocycles. The van der Waals surface area contributed by atoms with Crippen molar-refractivity contribution in [1.29, 1.82) is 0 Å². The second kappa shape index (κ2) is 10.4. The lowest BCUT2D eigenvalue weighted by Crippen LogP contribution is -2.39. The third-order valence-electron chi connectivity index (χ3n) is 5.69. The number of likely N-dealkylation sites (N-methyl/N-ethyl adjacent to an activating group) is 1. The number of likely N-dealkylation sites (tertiary alicyclic amines) is 1. The summed E-state index contributed by atoms with van der Waals surface area (Å²) in [4.78, 5) is 17.2. The lowest BCUT2D eigenvalue weighted by atomic mass is 10.1. The van der Waals surface area contributed by atoms with E-state index in [1.165, 1.54) is 23.1 Å². The first-order chi connectivity index (χ1) is 13.6. The molecule has 0 unspecified atom stereocenters. The molecule has 0 aliphatic carbocycles. The van der Waals surface area contributed by atoms with E-state index in [2.05, 4.69) is 71.4 Å². The van der Waals surface area contributed by atoms with Gasteiger partial charge in [-0.05, 0) is 49.0 Å². The molecule has 0 bridgehead atoms. The van der Waals surface area contributed by atoms with Crippen LogP contribution >= 0.6 is 0 Å². The zero-order chi connectivity index (χ0) is 19.8. The Morgan fingerprint density at radius 3 is 2.64 bits per heavy atom. The second-order valence-electron chi connectivity index (χ2n) is 7.91. The van der Waals surface area contributed by atoms with Crippen molar-refractivity contribution in [2.75, 3.05) is 32.7 Å². The van der Waals surface area contributed by atoms with Crippen LogP contribution in [0, 0.1) is 12.8 Å². The standard InChI is InChI=1S/C24H33N3O/c1-3-26(19-24(28)25-15-23-12-8-7-9-20(23)2)17-22-13-14-27(18-22)16-21-10-5-4-6-11-21/h4-12,22H,3,13-19H2,1-2H3,(H,25,28)/t22-/m1/s1. The molecule has 4 heteroatoms. The highest BCUT2D eigenvalue weighted by Gasteiger charge is 2.24. The van der Waals surface area contributed by atoms with Gasteiger partial charge in [-0.25, -0.2) is 0 Å². The molecule has 1 fully saturated rings. The van der Waals surface area contributed by atoms with Crippen molar-refractivity contribution in [3.63, 3.8) is 0 Å². The van der Waals surface area contributed by atoms with Gasteiger partial charge in [0.05, 0.1) is 6.54 Å². The smallest absolute Gasteiger partial charge is 0.234 e. The monoisotopic (exact) mass is 379 g/mol. The maximum Gasteiger partial charge on any atom is 0.234 e. The number of benzene rings is 2. The van der Waals surface area contributed by atoms with Gasteiger partial charge in [0, 0.05) is 26.2 Å². The van der Waals surface area contributed by atoms with Crippen molar-refractivity contribution in [3.8, 4) is 0 Å². The summed E-state index contributed by atoms with van der Waals surface area (Å²) in [6.45, 7) is 10.5. The molecule has 0 saturated carbocycles. The van der Waals surface area contributed by atoms with Crippen LogP contribution in [0.15, 0.2) is 54.6 Å². The van der Waals surface area contributed by atoms with Gasteiger partial charge in [-0.1, -0.05) is 61.5 Å².